The molecular formula is C18H25N5O3S. The van der Waals surface area contributed by atoms with E-state index in [0.29, 0.717) is 18.8 Å². The third-order valence-corrected chi connectivity index (χ3v) is 4.85. The second-order valence-electron chi connectivity index (χ2n) is 6.12. The molecule has 4 N–H and O–H groups in total. The summed E-state index contributed by atoms with van der Waals surface area (Å²) < 4.78 is 22.4. The van der Waals surface area contributed by atoms with Crippen molar-refractivity contribution in [3.8, 4) is 0 Å². The van der Waals surface area contributed by atoms with E-state index in [1.165, 1.54) is 18.3 Å². The van der Waals surface area contributed by atoms with E-state index in [-0.39, 0.29) is 16.5 Å². The fraction of sp³-hybridized carbons (Fsp3) is 0.389. The third-order valence-electron chi connectivity index (χ3n) is 3.92. The van der Waals surface area contributed by atoms with Crippen LogP contribution in [0.3, 0.4) is 0 Å². The molecule has 1 amide bonds. The van der Waals surface area contributed by atoms with Crippen LogP contribution in [0.15, 0.2) is 41.6 Å². The Morgan fingerprint density at radius 3 is 2.41 bits per heavy atom. The van der Waals surface area contributed by atoms with E-state index in [2.05, 4.69) is 27.5 Å². The van der Waals surface area contributed by atoms with Crippen molar-refractivity contribution in [2.45, 2.75) is 37.5 Å². The molecule has 1 aromatic carbocycles. The summed E-state index contributed by atoms with van der Waals surface area (Å²) in [5.41, 5.74) is 1.14. The van der Waals surface area contributed by atoms with Crippen molar-refractivity contribution in [2.24, 2.45) is 5.14 Å². The predicted octanol–water partition coefficient (Wildman–Crippen LogP) is 1.70. The zero-order valence-corrected chi connectivity index (χ0v) is 16.1. The van der Waals surface area contributed by atoms with Gasteiger partial charge in [0.25, 0.3) is 5.91 Å². The lowest BCUT2D eigenvalue weighted by Crippen LogP contribution is -2.26. The molecule has 9 heteroatoms. The van der Waals surface area contributed by atoms with Gasteiger partial charge in [0.05, 0.1) is 17.3 Å². The highest BCUT2D eigenvalue weighted by molar-refractivity contribution is 7.89. The summed E-state index contributed by atoms with van der Waals surface area (Å²) >= 11 is 0. The Hall–Kier alpha value is -2.52. The number of benzene rings is 1. The lowest BCUT2D eigenvalue weighted by atomic mass is 10.1. The number of hydrogen-bond acceptors (Lipinski definition) is 6. The molecule has 0 fully saturated rings. The molecule has 0 saturated carbocycles. The molecule has 1 heterocycles. The normalized spacial score (nSPS) is 11.2. The number of carbonyl (C=O) groups is 1. The predicted molar refractivity (Wildman–Crippen MR) is 104 cm³/mol. The molecule has 0 saturated heterocycles. The number of unbranched alkanes of at least 4 members (excludes halogenated alkanes) is 2. The van der Waals surface area contributed by atoms with E-state index in [1.54, 1.807) is 18.3 Å². The Bertz CT molecular complexity index is 836. The van der Waals surface area contributed by atoms with Crippen molar-refractivity contribution in [1.82, 2.24) is 15.3 Å². The zero-order valence-electron chi connectivity index (χ0n) is 15.3. The first-order chi connectivity index (χ1) is 12.9. The Balaban J connectivity index is 1.78. The topological polar surface area (TPSA) is 127 Å². The number of aromatic nitrogens is 2. The summed E-state index contributed by atoms with van der Waals surface area (Å²) in [5.74, 6) is 0.346. The van der Waals surface area contributed by atoms with Crippen molar-refractivity contribution in [2.75, 3.05) is 18.4 Å². The quantitative estimate of drug-likeness (QED) is 0.529. The highest BCUT2D eigenvalue weighted by atomic mass is 32.2. The smallest absolute Gasteiger partial charge is 0.271 e. The van der Waals surface area contributed by atoms with Crippen molar-refractivity contribution >= 4 is 21.7 Å². The molecule has 2 rings (SSSR count). The number of nitrogens with zero attached hydrogens (tertiary/aromatic N) is 2. The summed E-state index contributed by atoms with van der Waals surface area (Å²) in [6, 6.07) is 6.24. The molecule has 1 aromatic heterocycles. The van der Waals surface area contributed by atoms with Crippen molar-refractivity contribution in [3.63, 3.8) is 0 Å². The first-order valence-electron chi connectivity index (χ1n) is 8.86. The number of amides is 1. The molecule has 27 heavy (non-hydrogen) atoms. The minimum absolute atomic E-state index is 0.0638. The number of primary sulfonamides is 1. The van der Waals surface area contributed by atoms with Crippen LogP contribution in [0.5, 0.6) is 0 Å². The molecule has 0 atom stereocenters. The second kappa shape index (κ2) is 9.98. The molecule has 0 spiro atoms. The molecule has 0 radical (unpaired) electrons. The maximum atomic E-state index is 12.1. The summed E-state index contributed by atoms with van der Waals surface area (Å²) in [7, 11) is -3.69. The van der Waals surface area contributed by atoms with E-state index in [0.717, 1.165) is 31.4 Å². The van der Waals surface area contributed by atoms with Gasteiger partial charge in [0.15, 0.2) is 0 Å². The fourth-order valence-electron chi connectivity index (χ4n) is 2.38. The van der Waals surface area contributed by atoms with Crippen LogP contribution in [-0.4, -0.2) is 37.4 Å². The van der Waals surface area contributed by atoms with Crippen LogP contribution < -0.4 is 15.8 Å². The van der Waals surface area contributed by atoms with E-state index in [1.807, 2.05) is 0 Å². The first-order valence-corrected chi connectivity index (χ1v) is 10.4. The molecule has 2 aromatic rings. The highest BCUT2D eigenvalue weighted by Crippen LogP contribution is 2.09. The van der Waals surface area contributed by atoms with Gasteiger partial charge in [-0.1, -0.05) is 31.9 Å². The molecule has 0 bridgehead atoms. The average molecular weight is 391 g/mol. The van der Waals surface area contributed by atoms with Crippen molar-refractivity contribution in [1.29, 1.82) is 0 Å². The summed E-state index contributed by atoms with van der Waals surface area (Å²) in [4.78, 5) is 20.5. The van der Waals surface area contributed by atoms with Crippen LogP contribution in [0.1, 0.15) is 42.2 Å². The van der Waals surface area contributed by atoms with E-state index in [4.69, 9.17) is 5.14 Å². The van der Waals surface area contributed by atoms with Gasteiger partial charge in [-0.15, -0.1) is 0 Å². The average Bonchev–Trinajstić information content (AvgIpc) is 2.65. The first kappa shape index (κ1) is 20.8. The molecule has 0 aliphatic rings. The van der Waals surface area contributed by atoms with Crippen molar-refractivity contribution < 1.29 is 13.2 Å². The van der Waals surface area contributed by atoms with Gasteiger partial charge in [0.2, 0.25) is 10.0 Å². The third kappa shape index (κ3) is 6.95. The number of nitrogens with one attached hydrogen (secondary N) is 2. The highest BCUT2D eigenvalue weighted by Gasteiger charge is 2.09. The summed E-state index contributed by atoms with van der Waals surface area (Å²) in [5, 5.41) is 11.0. The number of nitrogens with two attached hydrogens (primary N) is 1. The monoisotopic (exact) mass is 391 g/mol. The number of sulfonamides is 1. The molecule has 146 valence electrons. The SMILES string of the molecule is CCCCCNc1cnc(C(=O)NCCc2ccc(S(N)(=O)=O)cc2)cn1. The van der Waals surface area contributed by atoms with Crippen LogP contribution in [0.4, 0.5) is 5.82 Å². The van der Waals surface area contributed by atoms with Gasteiger partial charge in [-0.25, -0.2) is 23.5 Å². The fourth-order valence-corrected chi connectivity index (χ4v) is 2.90. The van der Waals surface area contributed by atoms with E-state index < -0.39 is 10.0 Å². The number of rotatable bonds is 10. The molecular weight excluding hydrogens is 366 g/mol. The largest absolute Gasteiger partial charge is 0.369 e. The molecule has 8 nitrogen and oxygen atoms in total. The van der Waals surface area contributed by atoms with Gasteiger partial charge in [0, 0.05) is 13.1 Å². The molecule has 0 aliphatic carbocycles. The van der Waals surface area contributed by atoms with Gasteiger partial charge in [-0.05, 0) is 30.5 Å². The van der Waals surface area contributed by atoms with E-state index >= 15 is 0 Å². The van der Waals surface area contributed by atoms with E-state index in [9.17, 15) is 13.2 Å². The number of hydrogen-bond donors (Lipinski definition) is 3. The standard InChI is InChI=1S/C18H25N5O3S/c1-2-3-4-10-20-17-13-22-16(12-23-17)18(24)21-11-9-14-5-7-15(8-6-14)27(19,25)26/h5-8,12-13H,2-4,9-11H2,1H3,(H,20,23)(H,21,24)(H2,19,25,26). The minimum Gasteiger partial charge on any atom is -0.369 e. The van der Waals surface area contributed by atoms with Crippen LogP contribution in [0, 0.1) is 0 Å². The molecule has 0 unspecified atom stereocenters. The minimum atomic E-state index is -3.69. The zero-order chi connectivity index (χ0) is 19.7. The lowest BCUT2D eigenvalue weighted by molar-refractivity contribution is 0.0949. The Morgan fingerprint density at radius 2 is 1.81 bits per heavy atom. The van der Waals surface area contributed by atoms with Crippen LogP contribution in [0.25, 0.3) is 0 Å². The van der Waals surface area contributed by atoms with Gasteiger partial charge >= 0.3 is 0 Å². The lowest BCUT2D eigenvalue weighted by Gasteiger charge is -2.07. The second-order valence-corrected chi connectivity index (χ2v) is 7.68. The number of anilines is 1. The van der Waals surface area contributed by atoms with Gasteiger partial charge in [-0.3, -0.25) is 4.79 Å². The van der Waals surface area contributed by atoms with Crippen LogP contribution in [-0.2, 0) is 16.4 Å². The van der Waals surface area contributed by atoms with Crippen LogP contribution >= 0.6 is 0 Å². The summed E-state index contributed by atoms with van der Waals surface area (Å²) in [6.07, 6.45) is 6.93. The maximum absolute atomic E-state index is 12.1. The summed E-state index contributed by atoms with van der Waals surface area (Å²) in [6.45, 7) is 3.37. The van der Waals surface area contributed by atoms with Gasteiger partial charge < -0.3 is 10.6 Å². The number of carbonyl (C=O) groups excluding carboxylic acids is 1. The van der Waals surface area contributed by atoms with Crippen molar-refractivity contribution in [3.05, 3.63) is 47.9 Å². The van der Waals surface area contributed by atoms with Gasteiger partial charge in [-0.2, -0.15) is 0 Å². The van der Waals surface area contributed by atoms with Gasteiger partial charge in [0.1, 0.15) is 11.5 Å². The maximum Gasteiger partial charge on any atom is 0.271 e. The Morgan fingerprint density at radius 1 is 1.07 bits per heavy atom. The van der Waals surface area contributed by atoms with Crippen LogP contribution in [0.2, 0.25) is 0 Å². The molecule has 0 aliphatic heterocycles. The Kier molecular flexibility index (Phi) is 7.68. The Labute approximate surface area is 159 Å².